The van der Waals surface area contributed by atoms with E-state index in [1.807, 2.05) is 79.0 Å². The number of carbonyl (C=O) groups excluding carboxylic acids is 4. The molecule has 0 saturated carbocycles. The Morgan fingerprint density at radius 1 is 0.677 bits per heavy atom. The van der Waals surface area contributed by atoms with Crippen molar-refractivity contribution in [3.05, 3.63) is 138 Å². The van der Waals surface area contributed by atoms with Gasteiger partial charge in [0.15, 0.2) is 6.73 Å². The highest BCUT2D eigenvalue weighted by Crippen LogP contribution is 2.42. The molecule has 7 aromatic rings. The van der Waals surface area contributed by atoms with Gasteiger partial charge in [0.25, 0.3) is 11.8 Å². The van der Waals surface area contributed by atoms with Gasteiger partial charge in [0.2, 0.25) is 0 Å². The molecule has 2 fully saturated rings. The number of amides is 4. The van der Waals surface area contributed by atoms with Crippen LogP contribution in [0.3, 0.4) is 0 Å². The Bertz CT molecular complexity index is 2910. The first kappa shape index (κ1) is 41.1. The van der Waals surface area contributed by atoms with E-state index in [0.29, 0.717) is 42.6 Å². The quantitative estimate of drug-likeness (QED) is 0.106. The number of ether oxygens (including phenoxy) is 3. The van der Waals surface area contributed by atoms with Gasteiger partial charge in [-0.3, -0.25) is 9.59 Å². The topological polar surface area (TPSA) is 189 Å². The molecule has 0 bridgehead atoms. The predicted octanol–water partition coefficient (Wildman–Crippen LogP) is 7.96. The minimum absolute atomic E-state index is 0.221. The highest BCUT2D eigenvalue weighted by Gasteiger charge is 2.39. The highest BCUT2D eigenvalue weighted by molar-refractivity contribution is 5.92. The minimum atomic E-state index is -0.900. The number of aromatic nitrogens is 5. The third-order valence-electron chi connectivity index (χ3n) is 12.7. The van der Waals surface area contributed by atoms with Crippen molar-refractivity contribution in [1.29, 1.82) is 0 Å². The van der Waals surface area contributed by atoms with Gasteiger partial charge >= 0.3 is 12.2 Å². The minimum Gasteiger partial charge on any atom is -0.472 e. The van der Waals surface area contributed by atoms with Crippen LogP contribution in [0.2, 0.25) is 0 Å². The van der Waals surface area contributed by atoms with Gasteiger partial charge in [-0.15, -0.1) is 0 Å². The molecule has 330 valence electrons. The average Bonchev–Trinajstić information content (AvgIpc) is 4.21. The van der Waals surface area contributed by atoms with Crippen molar-refractivity contribution in [3.63, 3.8) is 0 Å². The van der Waals surface area contributed by atoms with E-state index in [0.717, 1.165) is 76.1 Å². The number of likely N-dealkylation sites (tertiary alicyclic amines) is 2. The first-order valence-electron chi connectivity index (χ1n) is 21.7. The van der Waals surface area contributed by atoms with E-state index in [2.05, 4.69) is 55.5 Å². The number of nitrogens with zero attached hydrogens (tertiary/aromatic N) is 5. The smallest absolute Gasteiger partial charge is 0.407 e. The van der Waals surface area contributed by atoms with Gasteiger partial charge in [-0.05, 0) is 67.1 Å². The number of nitrogens with one attached hydrogen (secondary N) is 4. The number of benzene rings is 4. The zero-order valence-electron chi connectivity index (χ0n) is 35.8. The lowest BCUT2D eigenvalue weighted by molar-refractivity contribution is -0.135. The Hall–Kier alpha value is -7.88. The molecule has 3 aromatic heterocycles. The van der Waals surface area contributed by atoms with E-state index in [4.69, 9.17) is 24.2 Å². The fourth-order valence-electron chi connectivity index (χ4n) is 9.44. The Balaban J connectivity index is 0.860. The van der Waals surface area contributed by atoms with Gasteiger partial charge in [0.05, 0.1) is 61.3 Å². The fraction of sp³-hybridized carbons (Fsp3) is 0.265. The number of hydrogen-bond donors (Lipinski definition) is 4. The monoisotopic (exact) mass is 873 g/mol. The number of H-pyrrole nitrogens is 2. The predicted molar refractivity (Wildman–Crippen MR) is 240 cm³/mol. The van der Waals surface area contributed by atoms with Gasteiger partial charge in [0.1, 0.15) is 29.5 Å². The Morgan fingerprint density at radius 3 is 1.74 bits per heavy atom. The van der Waals surface area contributed by atoms with Crippen molar-refractivity contribution in [1.82, 2.24) is 44.9 Å². The number of alkyl carbamates (subject to hydrolysis) is 2. The average molecular weight is 874 g/mol. The van der Waals surface area contributed by atoms with Crippen molar-refractivity contribution in [2.75, 3.05) is 27.3 Å². The van der Waals surface area contributed by atoms with Gasteiger partial charge in [-0.2, -0.15) is 0 Å². The third-order valence-corrected chi connectivity index (χ3v) is 12.7. The van der Waals surface area contributed by atoms with Gasteiger partial charge in [0, 0.05) is 35.2 Å². The van der Waals surface area contributed by atoms with Crippen LogP contribution < -0.4 is 15.4 Å². The summed E-state index contributed by atoms with van der Waals surface area (Å²) < 4.78 is 18.2. The lowest BCUT2D eigenvalue weighted by Gasteiger charge is -2.28. The summed E-state index contributed by atoms with van der Waals surface area (Å²) in [6, 6.07) is 30.5. The van der Waals surface area contributed by atoms with Crippen molar-refractivity contribution in [3.8, 4) is 39.5 Å². The molecule has 65 heavy (non-hydrogen) atoms. The number of hydrogen-bond acceptors (Lipinski definition) is 9. The molecule has 16 heteroatoms. The maximum absolute atomic E-state index is 14.0. The molecule has 0 aliphatic carbocycles. The van der Waals surface area contributed by atoms with Crippen LogP contribution in [0.4, 0.5) is 9.59 Å². The van der Waals surface area contributed by atoms with Crippen molar-refractivity contribution in [2.24, 2.45) is 0 Å². The van der Waals surface area contributed by atoms with Crippen molar-refractivity contribution >= 4 is 34.9 Å². The van der Waals surface area contributed by atoms with Crippen LogP contribution >= 0.6 is 0 Å². The second-order valence-corrected chi connectivity index (χ2v) is 16.4. The molecule has 4 amide bonds. The normalized spacial score (nSPS) is 17.4. The largest absolute Gasteiger partial charge is 0.472 e. The molecule has 4 aromatic carbocycles. The Labute approximate surface area is 373 Å². The molecule has 0 spiro atoms. The number of rotatable bonds is 10. The van der Waals surface area contributed by atoms with E-state index in [1.54, 1.807) is 16.0 Å². The summed E-state index contributed by atoms with van der Waals surface area (Å²) in [6.07, 6.45) is 5.30. The summed E-state index contributed by atoms with van der Waals surface area (Å²) in [5, 5.41) is 6.48. The Kier molecular flexibility index (Phi) is 11.0. The van der Waals surface area contributed by atoms with Crippen LogP contribution in [0.15, 0.2) is 116 Å². The summed E-state index contributed by atoms with van der Waals surface area (Å²) in [7, 11) is 2.56. The van der Waals surface area contributed by atoms with Crippen molar-refractivity contribution < 1.29 is 33.4 Å². The third kappa shape index (κ3) is 7.81. The molecule has 3 aliphatic heterocycles. The molecule has 3 aliphatic rings. The summed E-state index contributed by atoms with van der Waals surface area (Å²) in [6.45, 7) is 1.41. The maximum atomic E-state index is 14.0. The first-order valence-corrected chi connectivity index (χ1v) is 21.7. The molecule has 0 radical (unpaired) electrons. The molecular weight excluding hydrogens is 827 g/mol. The lowest BCUT2D eigenvalue weighted by atomic mass is 10.0. The van der Waals surface area contributed by atoms with E-state index >= 15 is 0 Å². The van der Waals surface area contributed by atoms with Crippen LogP contribution in [0.1, 0.15) is 72.6 Å². The van der Waals surface area contributed by atoms with Gasteiger partial charge in [-0.25, -0.2) is 19.6 Å². The summed E-state index contributed by atoms with van der Waals surface area (Å²) in [5.41, 5.74) is 7.84. The number of fused-ring (bicyclic) bond motifs is 5. The number of imidazole rings is 2. The van der Waals surface area contributed by atoms with Crippen LogP contribution in [0.5, 0.6) is 5.75 Å². The SMILES string of the molecule is COC(=O)NC(C(=O)N1CCCC1c1ncc(-c2ccc3c(c2)OCn2c-3cc3cc(-c4cnc(C5CCCN5C(=O)C(NC(=O)OC)c5ccccc5)[nH]4)ccc32)[nH]1)c1ccccc1. The second kappa shape index (κ2) is 17.4. The molecule has 4 unspecified atom stereocenters. The molecule has 10 rings (SSSR count). The van der Waals surface area contributed by atoms with Crippen LogP contribution in [-0.2, 0) is 25.8 Å². The molecular formula is C49H47N9O7. The second-order valence-electron chi connectivity index (χ2n) is 16.4. The molecule has 6 heterocycles. The fourth-order valence-corrected chi connectivity index (χ4v) is 9.44. The molecule has 2 saturated heterocycles. The lowest BCUT2D eigenvalue weighted by Crippen LogP contribution is -2.42. The van der Waals surface area contributed by atoms with Gasteiger partial charge in [-0.1, -0.05) is 72.8 Å². The molecule has 4 atom stereocenters. The maximum Gasteiger partial charge on any atom is 0.407 e. The van der Waals surface area contributed by atoms with Crippen LogP contribution in [-0.4, -0.2) is 85.6 Å². The summed E-state index contributed by atoms with van der Waals surface area (Å²) in [5.74, 6) is 1.66. The summed E-state index contributed by atoms with van der Waals surface area (Å²) >= 11 is 0. The van der Waals surface area contributed by atoms with E-state index in [9.17, 15) is 19.2 Å². The van der Waals surface area contributed by atoms with Crippen LogP contribution in [0, 0.1) is 0 Å². The molecule has 4 N–H and O–H groups in total. The molecule has 16 nitrogen and oxygen atoms in total. The van der Waals surface area contributed by atoms with E-state index in [-0.39, 0.29) is 23.9 Å². The highest BCUT2D eigenvalue weighted by atomic mass is 16.5. The number of aromatic amines is 2. The standard InChI is InChI=1S/C49H47N9O7/c1-63-48(61)54-42(29-11-5-3-6-12-29)46(59)56-21-9-15-38(56)44-50-26-35(52-44)31-18-20-37-33(23-31)24-40-34-19-17-32(25-41(34)65-28-58(37)40)36-27-51-45(53-36)39-16-10-22-57(39)47(60)43(55-49(62)64-2)30-13-7-4-8-14-30/h3-8,11-14,17-20,23-27,38-39,42-43H,9-10,15-16,21-22,28H2,1-2H3,(H,50,52)(H,51,53)(H,54,61)(H,55,62). The zero-order chi connectivity index (χ0) is 44.6. The Morgan fingerprint density at radius 2 is 1.20 bits per heavy atom. The summed E-state index contributed by atoms with van der Waals surface area (Å²) in [4.78, 5) is 72.7. The van der Waals surface area contributed by atoms with Crippen molar-refractivity contribution in [2.45, 2.75) is 56.6 Å². The van der Waals surface area contributed by atoms with E-state index in [1.165, 1.54) is 14.2 Å². The number of carbonyl (C=O) groups is 4. The van der Waals surface area contributed by atoms with E-state index < -0.39 is 24.3 Å². The zero-order valence-corrected chi connectivity index (χ0v) is 35.8. The number of methoxy groups -OCH3 is 2. The first-order chi connectivity index (χ1) is 31.8. The van der Waals surface area contributed by atoms with Gasteiger partial charge < -0.3 is 49.2 Å². The van der Waals surface area contributed by atoms with Crippen LogP contribution in [0.25, 0.3) is 44.7 Å².